The summed E-state index contributed by atoms with van der Waals surface area (Å²) in [6.07, 6.45) is 3.60. The molecule has 6 nitrogen and oxygen atoms in total. The number of aryl methyl sites for hydroxylation is 1. The predicted molar refractivity (Wildman–Crippen MR) is 107 cm³/mol. The van der Waals surface area contributed by atoms with E-state index in [0.29, 0.717) is 30.1 Å². The highest BCUT2D eigenvalue weighted by Crippen LogP contribution is 2.82. The summed E-state index contributed by atoms with van der Waals surface area (Å²) in [6, 6.07) is 4.63. The number of halogens is 1. The van der Waals surface area contributed by atoms with Crippen LogP contribution in [0.5, 0.6) is 0 Å². The molecule has 5 saturated carbocycles. The molecule has 0 N–H and O–H groups in total. The fraction of sp³-hybridized carbons (Fsp3) is 0.591. The van der Waals surface area contributed by atoms with Crippen LogP contribution in [0.4, 0.5) is 0 Å². The SMILES string of the molecule is Cc1cc(C2CC2)cc2c(Cl)c(C(=O)N3CCN(C4CC5C6C5C64)C(=O)C3)nn12. The molecule has 2 amide bonds. The molecule has 0 aromatic carbocycles. The van der Waals surface area contributed by atoms with Crippen molar-refractivity contribution in [1.82, 2.24) is 19.4 Å². The summed E-state index contributed by atoms with van der Waals surface area (Å²) in [4.78, 5) is 29.7. The third-order valence-electron chi connectivity index (χ3n) is 8.07. The van der Waals surface area contributed by atoms with E-state index in [4.69, 9.17) is 11.6 Å². The molecule has 150 valence electrons. The topological polar surface area (TPSA) is 57.9 Å². The maximum Gasteiger partial charge on any atom is 0.276 e. The lowest BCUT2D eigenvalue weighted by atomic mass is 10.1. The lowest BCUT2D eigenvalue weighted by Gasteiger charge is -2.37. The largest absolute Gasteiger partial charge is 0.336 e. The lowest BCUT2D eigenvalue weighted by Crippen LogP contribution is -2.55. The highest BCUT2D eigenvalue weighted by Gasteiger charge is 2.81. The van der Waals surface area contributed by atoms with Crippen LogP contribution in [-0.2, 0) is 4.79 Å². The zero-order valence-corrected chi connectivity index (χ0v) is 17.1. The van der Waals surface area contributed by atoms with Gasteiger partial charge in [0.05, 0.1) is 10.5 Å². The van der Waals surface area contributed by atoms with Gasteiger partial charge in [-0.15, -0.1) is 0 Å². The molecule has 29 heavy (non-hydrogen) atoms. The second-order valence-corrected chi connectivity index (χ2v) is 10.1. The number of amides is 2. The van der Waals surface area contributed by atoms with Gasteiger partial charge in [-0.25, -0.2) is 4.52 Å². The van der Waals surface area contributed by atoms with Crippen LogP contribution in [0.25, 0.3) is 5.52 Å². The number of hydrogen-bond acceptors (Lipinski definition) is 3. The summed E-state index contributed by atoms with van der Waals surface area (Å²) < 4.78 is 1.76. The molecule has 8 rings (SSSR count). The maximum absolute atomic E-state index is 13.2. The standard InChI is InChI=1S/C22H23ClN4O2/c1-10-6-12(11-2-3-11)7-15-20(23)21(24-27(10)15)22(29)25-4-5-26(16(28)9-25)14-8-13-17-18(13)19(14)17/h6-7,11,13-14,17-19H,2-5,8-9H2,1H3. The molecule has 2 bridgehead atoms. The first-order chi connectivity index (χ1) is 14.0. The molecule has 3 unspecified atom stereocenters. The zero-order chi connectivity index (χ0) is 19.6. The second-order valence-electron chi connectivity index (χ2n) is 9.68. The Morgan fingerprint density at radius 2 is 1.97 bits per heavy atom. The third kappa shape index (κ3) is 2.21. The summed E-state index contributed by atoms with van der Waals surface area (Å²) in [6.45, 7) is 3.32. The Balaban J connectivity index is 1.14. The van der Waals surface area contributed by atoms with Crippen molar-refractivity contribution in [3.63, 3.8) is 0 Å². The molecular formula is C22H23ClN4O2. The van der Waals surface area contributed by atoms with Gasteiger partial charge in [0.2, 0.25) is 5.91 Å². The number of rotatable bonds is 3. The van der Waals surface area contributed by atoms with E-state index in [1.807, 2.05) is 11.8 Å². The lowest BCUT2D eigenvalue weighted by molar-refractivity contribution is -0.137. The number of pyridine rings is 1. The molecule has 2 aromatic rings. The second kappa shape index (κ2) is 5.34. The van der Waals surface area contributed by atoms with Crippen LogP contribution in [0.1, 0.15) is 46.9 Å². The molecule has 1 saturated heterocycles. The number of nitrogens with zero attached hydrogens (tertiary/aromatic N) is 4. The van der Waals surface area contributed by atoms with Gasteiger partial charge in [-0.2, -0.15) is 5.10 Å². The van der Waals surface area contributed by atoms with Crippen LogP contribution in [0.3, 0.4) is 0 Å². The first kappa shape index (κ1) is 16.7. The van der Waals surface area contributed by atoms with E-state index in [1.54, 1.807) is 9.42 Å². The summed E-state index contributed by atoms with van der Waals surface area (Å²) in [5, 5.41) is 4.92. The van der Waals surface area contributed by atoms with Crippen LogP contribution in [0.2, 0.25) is 5.02 Å². The summed E-state index contributed by atoms with van der Waals surface area (Å²) >= 11 is 6.61. The molecule has 6 fully saturated rings. The van der Waals surface area contributed by atoms with Gasteiger partial charge in [0.1, 0.15) is 6.54 Å². The number of carbonyl (C=O) groups is 2. The highest BCUT2D eigenvalue weighted by atomic mass is 35.5. The van der Waals surface area contributed by atoms with Gasteiger partial charge < -0.3 is 9.80 Å². The van der Waals surface area contributed by atoms with Gasteiger partial charge in [0.25, 0.3) is 5.91 Å². The van der Waals surface area contributed by atoms with Crippen molar-refractivity contribution in [2.75, 3.05) is 19.6 Å². The molecule has 7 heteroatoms. The smallest absolute Gasteiger partial charge is 0.276 e. The van der Waals surface area contributed by atoms with E-state index in [0.717, 1.165) is 34.9 Å². The van der Waals surface area contributed by atoms with E-state index in [-0.39, 0.29) is 24.1 Å². The van der Waals surface area contributed by atoms with Gasteiger partial charge in [-0.1, -0.05) is 11.6 Å². The van der Waals surface area contributed by atoms with Crippen LogP contribution in [-0.4, -0.2) is 56.9 Å². The Morgan fingerprint density at radius 3 is 2.62 bits per heavy atom. The molecule has 5 aliphatic carbocycles. The molecule has 0 spiro atoms. The van der Waals surface area contributed by atoms with Crippen molar-refractivity contribution in [3.8, 4) is 0 Å². The van der Waals surface area contributed by atoms with Gasteiger partial charge in [-0.05, 0) is 73.5 Å². The molecule has 1 aliphatic heterocycles. The normalized spacial score (nSPS) is 34.7. The number of piperazine rings is 1. The van der Waals surface area contributed by atoms with E-state index in [1.165, 1.54) is 24.8 Å². The minimum atomic E-state index is -0.236. The maximum atomic E-state index is 13.2. The average molecular weight is 411 g/mol. The molecule has 6 aliphatic rings. The van der Waals surface area contributed by atoms with Gasteiger partial charge >= 0.3 is 0 Å². The Bertz CT molecular complexity index is 1090. The molecular weight excluding hydrogens is 388 g/mol. The number of carbonyl (C=O) groups excluding carboxylic acids is 2. The van der Waals surface area contributed by atoms with E-state index in [9.17, 15) is 9.59 Å². The molecule has 2 aromatic heterocycles. The van der Waals surface area contributed by atoms with Crippen molar-refractivity contribution in [3.05, 3.63) is 34.1 Å². The first-order valence-electron chi connectivity index (χ1n) is 10.8. The van der Waals surface area contributed by atoms with Crippen molar-refractivity contribution < 1.29 is 9.59 Å². The third-order valence-corrected chi connectivity index (χ3v) is 8.44. The Morgan fingerprint density at radius 1 is 1.17 bits per heavy atom. The van der Waals surface area contributed by atoms with Gasteiger partial charge in [0.15, 0.2) is 5.69 Å². The van der Waals surface area contributed by atoms with E-state index >= 15 is 0 Å². The first-order valence-corrected chi connectivity index (χ1v) is 11.2. The summed E-state index contributed by atoms with van der Waals surface area (Å²) in [7, 11) is 0. The summed E-state index contributed by atoms with van der Waals surface area (Å²) in [5.74, 6) is 3.97. The Kier molecular flexibility index (Phi) is 3.07. The number of hydrogen-bond donors (Lipinski definition) is 0. The fourth-order valence-electron chi connectivity index (χ4n) is 6.29. The van der Waals surface area contributed by atoms with Crippen LogP contribution in [0, 0.1) is 30.6 Å². The van der Waals surface area contributed by atoms with Crippen molar-refractivity contribution in [1.29, 1.82) is 0 Å². The monoisotopic (exact) mass is 410 g/mol. The summed E-state index contributed by atoms with van der Waals surface area (Å²) in [5.41, 5.74) is 3.30. The number of fused-ring (bicyclic) bond motifs is 2. The van der Waals surface area contributed by atoms with Gasteiger partial charge in [-0.3, -0.25) is 9.59 Å². The van der Waals surface area contributed by atoms with Crippen LogP contribution < -0.4 is 0 Å². The molecule has 3 atom stereocenters. The van der Waals surface area contributed by atoms with Crippen molar-refractivity contribution >= 4 is 28.9 Å². The predicted octanol–water partition coefficient (Wildman–Crippen LogP) is 2.72. The minimum absolute atomic E-state index is 0.0774. The minimum Gasteiger partial charge on any atom is -0.336 e. The van der Waals surface area contributed by atoms with Crippen LogP contribution in [0.15, 0.2) is 12.1 Å². The highest BCUT2D eigenvalue weighted by molar-refractivity contribution is 6.36. The van der Waals surface area contributed by atoms with E-state index in [2.05, 4.69) is 17.2 Å². The average Bonchev–Trinajstić information content (AvgIpc) is 3.66. The fourth-order valence-corrected chi connectivity index (χ4v) is 6.55. The number of aromatic nitrogens is 2. The Labute approximate surface area is 173 Å². The zero-order valence-electron chi connectivity index (χ0n) is 16.3. The van der Waals surface area contributed by atoms with Crippen molar-refractivity contribution in [2.24, 2.45) is 23.7 Å². The van der Waals surface area contributed by atoms with Crippen molar-refractivity contribution in [2.45, 2.75) is 38.1 Å². The van der Waals surface area contributed by atoms with Crippen LogP contribution >= 0.6 is 11.6 Å². The molecule has 3 heterocycles. The quantitative estimate of drug-likeness (QED) is 0.781. The van der Waals surface area contributed by atoms with E-state index < -0.39 is 0 Å². The van der Waals surface area contributed by atoms with Gasteiger partial charge in [0, 0.05) is 24.8 Å². The molecule has 0 radical (unpaired) electrons. The Hall–Kier alpha value is -2.08.